The van der Waals surface area contributed by atoms with E-state index in [2.05, 4.69) is 11.0 Å². The van der Waals surface area contributed by atoms with E-state index in [1.54, 1.807) is 26.8 Å². The van der Waals surface area contributed by atoms with Gasteiger partial charge in [0.2, 0.25) is 0 Å². The molecule has 6 heteroatoms. The van der Waals surface area contributed by atoms with Crippen LogP contribution in [-0.4, -0.2) is 49.3 Å². The molecular weight excluding hydrogens is 359 g/mol. The maximum Gasteiger partial charge on any atom is 0.312 e. The van der Waals surface area contributed by atoms with E-state index < -0.39 is 17.5 Å². The zero-order valence-electron chi connectivity index (χ0n) is 16.7. The fourth-order valence-corrected chi connectivity index (χ4v) is 3.24. The first-order chi connectivity index (χ1) is 13.3. The minimum atomic E-state index is -1.00. The summed E-state index contributed by atoms with van der Waals surface area (Å²) >= 11 is 0. The van der Waals surface area contributed by atoms with E-state index in [1.165, 1.54) is 6.07 Å². The van der Waals surface area contributed by atoms with E-state index in [4.69, 9.17) is 9.47 Å². The van der Waals surface area contributed by atoms with Gasteiger partial charge in [0.15, 0.2) is 6.10 Å². The fraction of sp³-hybridized carbons (Fsp3) is 0.545. The number of carbonyl (C=O) groups excluding carboxylic acids is 1. The van der Waals surface area contributed by atoms with E-state index in [0.29, 0.717) is 11.6 Å². The van der Waals surface area contributed by atoms with Crippen molar-refractivity contribution < 1.29 is 18.7 Å². The molecule has 150 valence electrons. The number of ether oxygens (including phenoxy) is 2. The summed E-state index contributed by atoms with van der Waals surface area (Å²) in [6.45, 7) is 8.55. The van der Waals surface area contributed by atoms with Crippen molar-refractivity contribution >= 4 is 11.5 Å². The molecule has 5 nitrogen and oxygen atoms in total. The standard InChI is InChI=1S/C22H27FN2O3/c1-22(2,3)21(26)28-19(12-24)10-17-5-4-16(11-20(17)23)15-6-8-25(9-7-15)18-13-27-14-18/h4-6,11,18-19H,7-10,13-14H2,1-3H3/t19-/m0/s1. The van der Waals surface area contributed by atoms with Crippen LogP contribution in [0.5, 0.6) is 0 Å². The molecule has 0 N–H and O–H groups in total. The quantitative estimate of drug-likeness (QED) is 0.727. The molecule has 0 saturated carbocycles. The van der Waals surface area contributed by atoms with Crippen molar-refractivity contribution in [2.45, 2.75) is 45.8 Å². The molecule has 1 atom stereocenters. The van der Waals surface area contributed by atoms with Gasteiger partial charge in [-0.25, -0.2) is 4.39 Å². The van der Waals surface area contributed by atoms with E-state index in [9.17, 15) is 14.4 Å². The number of rotatable bonds is 5. The minimum Gasteiger partial charge on any atom is -0.446 e. The molecule has 3 rings (SSSR count). The summed E-state index contributed by atoms with van der Waals surface area (Å²) in [6.07, 6.45) is 2.07. The average molecular weight is 386 g/mol. The molecule has 0 amide bonds. The molecular formula is C22H27FN2O3. The molecule has 0 radical (unpaired) electrons. The van der Waals surface area contributed by atoms with Gasteiger partial charge in [-0.2, -0.15) is 5.26 Å². The van der Waals surface area contributed by atoms with Gasteiger partial charge in [0.1, 0.15) is 11.9 Å². The predicted molar refractivity (Wildman–Crippen MR) is 104 cm³/mol. The highest BCUT2D eigenvalue weighted by molar-refractivity contribution is 5.75. The Morgan fingerprint density at radius 2 is 2.18 bits per heavy atom. The summed E-state index contributed by atoms with van der Waals surface area (Å²) in [6, 6.07) is 7.54. The molecule has 1 aromatic rings. The Morgan fingerprint density at radius 3 is 2.68 bits per heavy atom. The van der Waals surface area contributed by atoms with Crippen LogP contribution in [0.15, 0.2) is 24.3 Å². The molecule has 2 aliphatic rings. The van der Waals surface area contributed by atoms with E-state index in [-0.39, 0.29) is 12.2 Å². The van der Waals surface area contributed by atoms with E-state index >= 15 is 0 Å². The molecule has 1 saturated heterocycles. The van der Waals surface area contributed by atoms with Crippen molar-refractivity contribution in [2.75, 3.05) is 26.3 Å². The fourth-order valence-electron chi connectivity index (χ4n) is 3.24. The van der Waals surface area contributed by atoms with Crippen molar-refractivity contribution in [3.8, 4) is 6.07 Å². The third-order valence-corrected chi connectivity index (χ3v) is 5.21. The SMILES string of the molecule is CC(C)(C)C(=O)O[C@H](C#N)Cc1ccc(C2=CCN(C3COC3)CC2)cc1F. The Balaban J connectivity index is 1.64. The van der Waals surface area contributed by atoms with Crippen LogP contribution in [0.3, 0.4) is 0 Å². The number of benzene rings is 1. The van der Waals surface area contributed by atoms with Crippen molar-refractivity contribution in [1.29, 1.82) is 5.26 Å². The third-order valence-electron chi connectivity index (χ3n) is 5.21. The van der Waals surface area contributed by atoms with Crippen LogP contribution in [0.2, 0.25) is 0 Å². The third kappa shape index (κ3) is 4.78. The molecule has 0 aromatic heterocycles. The summed E-state index contributed by atoms with van der Waals surface area (Å²) in [5.41, 5.74) is 1.68. The molecule has 28 heavy (non-hydrogen) atoms. The first kappa shape index (κ1) is 20.5. The lowest BCUT2D eigenvalue weighted by molar-refractivity contribution is -0.155. The van der Waals surface area contributed by atoms with E-state index in [1.807, 2.05) is 12.1 Å². The summed E-state index contributed by atoms with van der Waals surface area (Å²) in [7, 11) is 0. The number of esters is 1. The number of nitriles is 1. The number of hydrogen-bond donors (Lipinski definition) is 0. The number of halogens is 1. The lowest BCUT2D eigenvalue weighted by atomic mass is 9.95. The molecule has 1 aromatic carbocycles. The Morgan fingerprint density at radius 1 is 1.43 bits per heavy atom. The molecule has 0 bridgehead atoms. The second-order valence-electron chi connectivity index (χ2n) is 8.45. The summed E-state index contributed by atoms with van der Waals surface area (Å²) < 4.78 is 25.1. The zero-order valence-corrected chi connectivity index (χ0v) is 16.7. The highest BCUT2D eigenvalue weighted by atomic mass is 19.1. The van der Waals surface area contributed by atoms with Gasteiger partial charge in [-0.3, -0.25) is 9.69 Å². The highest BCUT2D eigenvalue weighted by Gasteiger charge is 2.28. The average Bonchev–Trinajstić information content (AvgIpc) is 2.61. The van der Waals surface area contributed by atoms with Crippen LogP contribution in [0.25, 0.3) is 5.57 Å². The molecule has 1 fully saturated rings. The first-order valence-electron chi connectivity index (χ1n) is 9.68. The maximum atomic E-state index is 14.6. The maximum absolute atomic E-state index is 14.6. The summed E-state index contributed by atoms with van der Waals surface area (Å²) in [5.74, 6) is -0.842. The smallest absolute Gasteiger partial charge is 0.312 e. The van der Waals surface area contributed by atoms with Crippen molar-refractivity contribution in [3.05, 3.63) is 41.2 Å². The van der Waals surface area contributed by atoms with Crippen molar-refractivity contribution in [3.63, 3.8) is 0 Å². The summed E-state index contributed by atoms with van der Waals surface area (Å²) in [5, 5.41) is 9.27. The number of nitrogens with zero attached hydrogens (tertiary/aromatic N) is 2. The Kier molecular flexibility index (Phi) is 6.17. The molecule has 0 spiro atoms. The molecule has 0 aliphatic carbocycles. The molecule has 0 unspecified atom stereocenters. The van der Waals surface area contributed by atoms with E-state index in [0.717, 1.165) is 43.9 Å². The molecule has 2 aliphatic heterocycles. The number of hydrogen-bond acceptors (Lipinski definition) is 5. The highest BCUT2D eigenvalue weighted by Crippen LogP contribution is 2.27. The van der Waals surface area contributed by atoms with Gasteiger partial charge in [0.25, 0.3) is 0 Å². The van der Waals surface area contributed by atoms with Crippen LogP contribution >= 0.6 is 0 Å². The van der Waals surface area contributed by atoms with Gasteiger partial charge in [-0.1, -0.05) is 18.2 Å². The monoisotopic (exact) mass is 386 g/mol. The Hall–Kier alpha value is -2.23. The van der Waals surface area contributed by atoms with Crippen LogP contribution in [-0.2, 0) is 20.7 Å². The van der Waals surface area contributed by atoms with Gasteiger partial charge >= 0.3 is 5.97 Å². The van der Waals surface area contributed by atoms with Gasteiger partial charge in [0, 0.05) is 19.5 Å². The normalized spacial score (nSPS) is 19.3. The van der Waals surface area contributed by atoms with Crippen molar-refractivity contribution in [2.24, 2.45) is 5.41 Å². The Bertz CT molecular complexity index is 803. The largest absolute Gasteiger partial charge is 0.446 e. The lowest BCUT2D eigenvalue weighted by Crippen LogP contribution is -2.50. The minimum absolute atomic E-state index is 0.0406. The lowest BCUT2D eigenvalue weighted by Gasteiger charge is -2.38. The predicted octanol–water partition coefficient (Wildman–Crippen LogP) is 3.34. The van der Waals surface area contributed by atoms with Gasteiger partial charge in [-0.05, 0) is 50.0 Å². The zero-order chi connectivity index (χ0) is 20.3. The van der Waals surface area contributed by atoms with Gasteiger partial charge in [-0.15, -0.1) is 0 Å². The van der Waals surface area contributed by atoms with Crippen LogP contribution in [0, 0.1) is 22.6 Å². The van der Waals surface area contributed by atoms with Crippen LogP contribution in [0.1, 0.15) is 38.3 Å². The second-order valence-corrected chi connectivity index (χ2v) is 8.45. The second kappa shape index (κ2) is 8.42. The van der Waals surface area contributed by atoms with Crippen molar-refractivity contribution in [1.82, 2.24) is 4.90 Å². The van der Waals surface area contributed by atoms with Crippen LogP contribution in [0.4, 0.5) is 4.39 Å². The van der Waals surface area contributed by atoms with Gasteiger partial charge in [0.05, 0.1) is 24.7 Å². The topological polar surface area (TPSA) is 62.6 Å². The van der Waals surface area contributed by atoms with Gasteiger partial charge < -0.3 is 9.47 Å². The van der Waals surface area contributed by atoms with Crippen LogP contribution < -0.4 is 0 Å². The number of carbonyl (C=O) groups is 1. The molecule has 2 heterocycles. The first-order valence-corrected chi connectivity index (χ1v) is 9.68. The summed E-state index contributed by atoms with van der Waals surface area (Å²) in [4.78, 5) is 14.4. The Labute approximate surface area is 165 Å².